The van der Waals surface area contributed by atoms with Crippen molar-refractivity contribution in [3.8, 4) is 11.6 Å². The van der Waals surface area contributed by atoms with Gasteiger partial charge in [0.15, 0.2) is 0 Å². The Hall–Kier alpha value is -2.89. The molecule has 1 atom stereocenters. The van der Waals surface area contributed by atoms with Crippen molar-refractivity contribution >= 4 is 11.8 Å². The zero-order valence-corrected chi connectivity index (χ0v) is 14.1. The number of piperidine rings is 1. The normalized spacial score (nSPS) is 17.2. The molecule has 0 spiro atoms. The molecule has 2 aromatic rings. The second-order valence-electron chi connectivity index (χ2n) is 6.14. The standard InChI is InChI=1S/C19H21N3O3/c1-22-10-8-15(12-18(22)23)19(24)21-13-14-7-9-20-17(11-14)25-16-5-3-2-4-6-16/h2-7,9,11,15H,8,10,12-13H2,1H3,(H,21,24)/t15-/m1/s1. The largest absolute Gasteiger partial charge is 0.439 e. The summed E-state index contributed by atoms with van der Waals surface area (Å²) in [6.45, 7) is 1.01. The average molecular weight is 339 g/mol. The Morgan fingerprint density at radius 1 is 1.32 bits per heavy atom. The quantitative estimate of drug-likeness (QED) is 0.908. The smallest absolute Gasteiger partial charge is 0.223 e. The van der Waals surface area contributed by atoms with E-state index in [1.54, 1.807) is 24.2 Å². The summed E-state index contributed by atoms with van der Waals surface area (Å²) in [5.74, 6) is 0.886. The average Bonchev–Trinajstić information content (AvgIpc) is 2.63. The van der Waals surface area contributed by atoms with Gasteiger partial charge in [0.05, 0.1) is 0 Å². The zero-order chi connectivity index (χ0) is 17.6. The predicted octanol–water partition coefficient (Wildman–Crippen LogP) is 2.36. The number of carbonyl (C=O) groups excluding carboxylic acids is 2. The maximum atomic E-state index is 12.3. The summed E-state index contributed by atoms with van der Waals surface area (Å²) in [6, 6.07) is 13.0. The molecule has 3 rings (SSSR count). The topological polar surface area (TPSA) is 71.5 Å². The fourth-order valence-electron chi connectivity index (χ4n) is 2.73. The number of hydrogen-bond acceptors (Lipinski definition) is 4. The first-order chi connectivity index (χ1) is 12.1. The van der Waals surface area contributed by atoms with Gasteiger partial charge in [-0.15, -0.1) is 0 Å². The molecule has 2 amide bonds. The number of nitrogens with one attached hydrogen (secondary N) is 1. The van der Waals surface area contributed by atoms with E-state index in [1.807, 2.05) is 36.4 Å². The van der Waals surface area contributed by atoms with Crippen LogP contribution in [0, 0.1) is 5.92 Å². The van der Waals surface area contributed by atoms with Crippen LogP contribution in [0.5, 0.6) is 11.6 Å². The van der Waals surface area contributed by atoms with Gasteiger partial charge in [0, 0.05) is 44.7 Å². The molecule has 130 valence electrons. The minimum Gasteiger partial charge on any atom is -0.439 e. The third-order valence-corrected chi connectivity index (χ3v) is 4.26. The number of likely N-dealkylation sites (tertiary alicyclic amines) is 1. The monoisotopic (exact) mass is 339 g/mol. The fourth-order valence-corrected chi connectivity index (χ4v) is 2.73. The van der Waals surface area contributed by atoms with E-state index in [0.29, 0.717) is 31.1 Å². The van der Waals surface area contributed by atoms with Gasteiger partial charge < -0.3 is 15.0 Å². The molecule has 0 radical (unpaired) electrons. The van der Waals surface area contributed by atoms with E-state index < -0.39 is 0 Å². The van der Waals surface area contributed by atoms with Gasteiger partial charge in [-0.3, -0.25) is 9.59 Å². The second-order valence-corrected chi connectivity index (χ2v) is 6.14. The van der Waals surface area contributed by atoms with Gasteiger partial charge in [0.2, 0.25) is 17.7 Å². The maximum absolute atomic E-state index is 12.3. The number of aromatic nitrogens is 1. The summed E-state index contributed by atoms with van der Waals surface area (Å²) in [5.41, 5.74) is 0.897. The van der Waals surface area contributed by atoms with Crippen LogP contribution in [0.4, 0.5) is 0 Å². The van der Waals surface area contributed by atoms with Crippen molar-refractivity contribution in [3.63, 3.8) is 0 Å². The highest BCUT2D eigenvalue weighted by Gasteiger charge is 2.28. The number of carbonyl (C=O) groups is 2. The molecule has 1 saturated heterocycles. The van der Waals surface area contributed by atoms with Crippen LogP contribution in [0.3, 0.4) is 0 Å². The number of pyridine rings is 1. The molecule has 1 aromatic carbocycles. The second kappa shape index (κ2) is 7.79. The molecular weight excluding hydrogens is 318 g/mol. The highest BCUT2D eigenvalue weighted by Crippen LogP contribution is 2.20. The Balaban J connectivity index is 1.55. The molecule has 0 bridgehead atoms. The van der Waals surface area contributed by atoms with Crippen LogP contribution in [0.2, 0.25) is 0 Å². The number of benzene rings is 1. The highest BCUT2D eigenvalue weighted by atomic mass is 16.5. The SMILES string of the molecule is CN1CC[C@@H](C(=O)NCc2ccnc(Oc3ccccc3)c2)CC1=O. The molecule has 6 heteroatoms. The Kier molecular flexibility index (Phi) is 5.28. The maximum Gasteiger partial charge on any atom is 0.223 e. The van der Waals surface area contributed by atoms with Gasteiger partial charge in [-0.05, 0) is 30.2 Å². The molecule has 0 unspecified atom stereocenters. The third-order valence-electron chi connectivity index (χ3n) is 4.26. The molecule has 1 aliphatic heterocycles. The van der Waals surface area contributed by atoms with Crippen molar-refractivity contribution < 1.29 is 14.3 Å². The molecule has 0 aliphatic carbocycles. The van der Waals surface area contributed by atoms with Gasteiger partial charge in [-0.2, -0.15) is 0 Å². The lowest BCUT2D eigenvalue weighted by molar-refractivity contribution is -0.139. The summed E-state index contributed by atoms with van der Waals surface area (Å²) in [6.07, 6.45) is 2.63. The number of amides is 2. The first-order valence-electron chi connectivity index (χ1n) is 8.31. The van der Waals surface area contributed by atoms with E-state index >= 15 is 0 Å². The number of ether oxygens (including phenoxy) is 1. The molecule has 1 fully saturated rings. The molecule has 0 saturated carbocycles. The summed E-state index contributed by atoms with van der Waals surface area (Å²) in [7, 11) is 1.77. The van der Waals surface area contributed by atoms with E-state index in [1.165, 1.54) is 0 Å². The van der Waals surface area contributed by atoms with Gasteiger partial charge >= 0.3 is 0 Å². The Bertz CT molecular complexity index is 749. The van der Waals surface area contributed by atoms with Crippen molar-refractivity contribution in [2.24, 2.45) is 5.92 Å². The Morgan fingerprint density at radius 3 is 2.88 bits per heavy atom. The number of hydrogen-bond donors (Lipinski definition) is 1. The van der Waals surface area contributed by atoms with Crippen LogP contribution in [0.25, 0.3) is 0 Å². The van der Waals surface area contributed by atoms with E-state index in [0.717, 1.165) is 5.56 Å². The van der Waals surface area contributed by atoms with Crippen LogP contribution >= 0.6 is 0 Å². The van der Waals surface area contributed by atoms with Gasteiger partial charge in [0.25, 0.3) is 0 Å². The molecule has 1 N–H and O–H groups in total. The van der Waals surface area contributed by atoms with Crippen LogP contribution in [0.15, 0.2) is 48.7 Å². The zero-order valence-electron chi connectivity index (χ0n) is 14.1. The van der Waals surface area contributed by atoms with Crippen LogP contribution in [-0.2, 0) is 16.1 Å². The van der Waals surface area contributed by atoms with Crippen molar-refractivity contribution in [2.45, 2.75) is 19.4 Å². The highest BCUT2D eigenvalue weighted by molar-refractivity contribution is 5.86. The van der Waals surface area contributed by atoms with Crippen LogP contribution in [-0.4, -0.2) is 35.3 Å². The lowest BCUT2D eigenvalue weighted by atomic mass is 9.95. The van der Waals surface area contributed by atoms with Crippen LogP contribution in [0.1, 0.15) is 18.4 Å². The van der Waals surface area contributed by atoms with E-state index in [2.05, 4.69) is 10.3 Å². The van der Waals surface area contributed by atoms with Crippen molar-refractivity contribution in [3.05, 3.63) is 54.2 Å². The minimum atomic E-state index is -0.245. The van der Waals surface area contributed by atoms with Crippen molar-refractivity contribution in [1.29, 1.82) is 0 Å². The fraction of sp³-hybridized carbons (Fsp3) is 0.316. The Morgan fingerprint density at radius 2 is 2.12 bits per heavy atom. The molecule has 1 aromatic heterocycles. The molecular formula is C19H21N3O3. The lowest BCUT2D eigenvalue weighted by Crippen LogP contribution is -2.41. The lowest BCUT2D eigenvalue weighted by Gasteiger charge is -2.27. The van der Waals surface area contributed by atoms with E-state index in [9.17, 15) is 9.59 Å². The van der Waals surface area contributed by atoms with Gasteiger partial charge in [-0.25, -0.2) is 4.98 Å². The van der Waals surface area contributed by atoms with E-state index in [4.69, 9.17) is 4.74 Å². The first kappa shape index (κ1) is 17.0. The summed E-state index contributed by atoms with van der Waals surface area (Å²) < 4.78 is 5.69. The predicted molar refractivity (Wildman–Crippen MR) is 93.0 cm³/mol. The van der Waals surface area contributed by atoms with Crippen molar-refractivity contribution in [1.82, 2.24) is 15.2 Å². The van der Waals surface area contributed by atoms with Gasteiger partial charge in [0.1, 0.15) is 5.75 Å². The number of para-hydroxylation sites is 1. The third kappa shape index (κ3) is 4.56. The molecule has 1 aliphatic rings. The Labute approximate surface area is 146 Å². The summed E-state index contributed by atoms with van der Waals surface area (Å²) >= 11 is 0. The van der Waals surface area contributed by atoms with Crippen LogP contribution < -0.4 is 10.1 Å². The molecule has 6 nitrogen and oxygen atoms in total. The molecule has 25 heavy (non-hydrogen) atoms. The minimum absolute atomic E-state index is 0.0221. The number of rotatable bonds is 5. The van der Waals surface area contributed by atoms with Crippen molar-refractivity contribution in [2.75, 3.05) is 13.6 Å². The summed E-state index contributed by atoms with van der Waals surface area (Å²) in [4.78, 5) is 29.8. The van der Waals surface area contributed by atoms with E-state index in [-0.39, 0.29) is 24.2 Å². The number of nitrogens with zero attached hydrogens (tertiary/aromatic N) is 2. The first-order valence-corrected chi connectivity index (χ1v) is 8.31. The summed E-state index contributed by atoms with van der Waals surface area (Å²) in [5, 5.41) is 2.90. The molecule has 2 heterocycles. The van der Waals surface area contributed by atoms with Gasteiger partial charge in [-0.1, -0.05) is 18.2 Å².